The van der Waals surface area contributed by atoms with E-state index in [9.17, 15) is 22.8 Å². The van der Waals surface area contributed by atoms with Gasteiger partial charge in [-0.15, -0.1) is 0 Å². The van der Waals surface area contributed by atoms with E-state index >= 15 is 0 Å². The summed E-state index contributed by atoms with van der Waals surface area (Å²) in [6.07, 6.45) is -4.63. The maximum atomic E-state index is 12.8. The molecule has 0 fully saturated rings. The van der Waals surface area contributed by atoms with Crippen LogP contribution >= 0.6 is 0 Å². The minimum atomic E-state index is -4.32. The van der Waals surface area contributed by atoms with Gasteiger partial charge in [0.25, 0.3) is 0 Å². The number of nitrogens with zero attached hydrogens (tertiary/aromatic N) is 2. The Morgan fingerprint density at radius 3 is 2.40 bits per heavy atom. The monoisotopic (exact) mass is 420 g/mol. The first-order valence-corrected chi connectivity index (χ1v) is 9.43. The van der Waals surface area contributed by atoms with Crippen LogP contribution in [0.4, 0.5) is 23.7 Å². The lowest BCUT2D eigenvalue weighted by Gasteiger charge is -2.32. The molecule has 0 saturated heterocycles. The van der Waals surface area contributed by atoms with Crippen LogP contribution in [0.1, 0.15) is 50.7 Å². The van der Waals surface area contributed by atoms with Gasteiger partial charge in [0.2, 0.25) is 5.78 Å². The van der Waals surface area contributed by atoms with E-state index in [1.165, 1.54) is 29.3 Å². The normalized spacial score (nSPS) is 15.9. The van der Waals surface area contributed by atoms with E-state index in [0.29, 0.717) is 11.1 Å². The van der Waals surface area contributed by atoms with Crippen molar-refractivity contribution in [3.8, 4) is 11.1 Å². The SMILES string of the molecule is CC(C)(C)OC(=O)N1c2cc(-c3cccc(CC(F)(F)F)c3)cnc2C(=O)C1(C)C. The summed E-state index contributed by atoms with van der Waals surface area (Å²) in [6, 6.07) is 7.60. The zero-order valence-electron chi connectivity index (χ0n) is 17.4. The van der Waals surface area contributed by atoms with Crippen molar-refractivity contribution in [2.45, 2.75) is 58.4 Å². The first-order valence-electron chi connectivity index (χ1n) is 9.43. The largest absolute Gasteiger partial charge is 0.443 e. The summed E-state index contributed by atoms with van der Waals surface area (Å²) < 4.78 is 43.7. The van der Waals surface area contributed by atoms with Crippen molar-refractivity contribution >= 4 is 17.6 Å². The topological polar surface area (TPSA) is 59.5 Å². The van der Waals surface area contributed by atoms with Gasteiger partial charge < -0.3 is 4.74 Å². The molecule has 1 aliphatic heterocycles. The van der Waals surface area contributed by atoms with Crippen molar-refractivity contribution in [2.75, 3.05) is 4.90 Å². The van der Waals surface area contributed by atoms with Gasteiger partial charge in [0.1, 0.15) is 16.8 Å². The zero-order valence-corrected chi connectivity index (χ0v) is 17.4. The highest BCUT2D eigenvalue weighted by molar-refractivity contribution is 6.18. The Kier molecular flexibility index (Phi) is 5.16. The van der Waals surface area contributed by atoms with Crippen LogP contribution in [0, 0.1) is 0 Å². The fourth-order valence-electron chi connectivity index (χ4n) is 3.38. The molecule has 0 spiro atoms. The predicted molar refractivity (Wildman–Crippen MR) is 107 cm³/mol. The number of hydrogen-bond donors (Lipinski definition) is 0. The molecule has 2 heterocycles. The van der Waals surface area contributed by atoms with E-state index in [1.54, 1.807) is 46.8 Å². The molecule has 1 aromatic carbocycles. The molecular formula is C22H23F3N2O3. The Labute approximate surface area is 172 Å². The van der Waals surface area contributed by atoms with Crippen LogP contribution in [0.2, 0.25) is 0 Å². The number of alkyl halides is 3. The van der Waals surface area contributed by atoms with Crippen molar-refractivity contribution < 1.29 is 27.5 Å². The van der Waals surface area contributed by atoms with Gasteiger partial charge in [0.05, 0.1) is 12.1 Å². The summed E-state index contributed by atoms with van der Waals surface area (Å²) in [5.74, 6) is -0.333. The minimum Gasteiger partial charge on any atom is -0.443 e. The molecule has 1 aliphatic rings. The molecule has 0 saturated carbocycles. The molecule has 1 aromatic heterocycles. The molecule has 0 unspecified atom stereocenters. The Hall–Kier alpha value is -2.90. The van der Waals surface area contributed by atoms with Gasteiger partial charge in [0, 0.05) is 11.8 Å². The minimum absolute atomic E-state index is 0.112. The van der Waals surface area contributed by atoms with E-state index in [0.717, 1.165) is 0 Å². The first kappa shape index (κ1) is 21.8. The average Bonchev–Trinajstić information content (AvgIpc) is 2.78. The molecule has 5 nitrogen and oxygen atoms in total. The van der Waals surface area contributed by atoms with Crippen LogP contribution in [-0.2, 0) is 11.2 Å². The second-order valence-electron chi connectivity index (χ2n) is 8.79. The van der Waals surface area contributed by atoms with Crippen LogP contribution < -0.4 is 4.90 Å². The maximum Gasteiger partial charge on any atom is 0.415 e. The third kappa shape index (κ3) is 4.32. The molecule has 2 aromatic rings. The zero-order chi connectivity index (χ0) is 22.5. The third-order valence-electron chi connectivity index (χ3n) is 4.68. The molecule has 0 atom stereocenters. The average molecular weight is 420 g/mol. The lowest BCUT2D eigenvalue weighted by Crippen LogP contribution is -2.50. The Bertz CT molecular complexity index is 1010. The second kappa shape index (κ2) is 7.11. The quantitative estimate of drug-likeness (QED) is 0.637. The summed E-state index contributed by atoms with van der Waals surface area (Å²) in [7, 11) is 0. The summed E-state index contributed by atoms with van der Waals surface area (Å²) in [4.78, 5) is 31.1. The molecular weight excluding hydrogens is 397 g/mol. The number of ketones is 1. The van der Waals surface area contributed by atoms with Gasteiger partial charge in [-0.1, -0.05) is 24.3 Å². The third-order valence-corrected chi connectivity index (χ3v) is 4.68. The number of hydrogen-bond acceptors (Lipinski definition) is 4. The Morgan fingerprint density at radius 1 is 1.13 bits per heavy atom. The summed E-state index contributed by atoms with van der Waals surface area (Å²) >= 11 is 0. The predicted octanol–water partition coefficient (Wildman–Crippen LogP) is 5.57. The number of fused-ring (bicyclic) bond motifs is 1. The molecule has 160 valence electrons. The molecule has 1 amide bonds. The highest BCUT2D eigenvalue weighted by Crippen LogP contribution is 2.40. The van der Waals surface area contributed by atoms with Crippen molar-refractivity contribution in [3.05, 3.63) is 47.8 Å². The lowest BCUT2D eigenvalue weighted by atomic mass is 10.00. The van der Waals surface area contributed by atoms with Gasteiger partial charge in [-0.3, -0.25) is 14.7 Å². The van der Waals surface area contributed by atoms with Crippen LogP contribution in [0.25, 0.3) is 11.1 Å². The van der Waals surface area contributed by atoms with E-state index in [2.05, 4.69) is 4.98 Å². The van der Waals surface area contributed by atoms with Crippen LogP contribution in [0.5, 0.6) is 0 Å². The van der Waals surface area contributed by atoms with Gasteiger partial charge in [-0.2, -0.15) is 13.2 Å². The maximum absolute atomic E-state index is 12.8. The second-order valence-corrected chi connectivity index (χ2v) is 8.79. The number of pyridine rings is 1. The number of rotatable bonds is 2. The summed E-state index contributed by atoms with van der Waals surface area (Å²) in [6.45, 7) is 8.36. The van der Waals surface area contributed by atoms with Crippen molar-refractivity contribution in [1.29, 1.82) is 0 Å². The first-order chi connectivity index (χ1) is 13.7. The highest BCUT2D eigenvalue weighted by Gasteiger charge is 2.50. The smallest absolute Gasteiger partial charge is 0.415 e. The standard InChI is InChI=1S/C22H23F3N2O3/c1-20(2,3)30-19(29)27-16-10-15(12-26-17(16)18(28)21(27,4)5)14-8-6-7-13(9-14)11-22(23,24)25/h6-10,12H,11H2,1-5H3. The van der Waals surface area contributed by atoms with Crippen LogP contribution in [-0.4, -0.2) is 34.2 Å². The number of ether oxygens (including phenoxy) is 1. The molecule has 0 N–H and O–H groups in total. The van der Waals surface area contributed by atoms with Gasteiger partial charge in [-0.05, 0) is 51.8 Å². The van der Waals surface area contributed by atoms with Crippen molar-refractivity contribution in [2.24, 2.45) is 0 Å². The van der Waals surface area contributed by atoms with E-state index in [4.69, 9.17) is 4.74 Å². The number of carbonyl (C=O) groups is 2. The number of amides is 1. The Balaban J connectivity index is 2.04. The number of benzene rings is 1. The van der Waals surface area contributed by atoms with Gasteiger partial charge >= 0.3 is 12.3 Å². The van der Waals surface area contributed by atoms with Crippen molar-refractivity contribution in [3.63, 3.8) is 0 Å². The van der Waals surface area contributed by atoms with Gasteiger partial charge in [-0.25, -0.2) is 4.79 Å². The van der Waals surface area contributed by atoms with E-state index < -0.39 is 29.8 Å². The lowest BCUT2D eigenvalue weighted by molar-refractivity contribution is -0.127. The fraction of sp³-hybridized carbons (Fsp3) is 0.409. The number of anilines is 1. The van der Waals surface area contributed by atoms with Gasteiger partial charge in [0.15, 0.2) is 0 Å². The molecule has 0 radical (unpaired) electrons. The number of aromatic nitrogens is 1. The molecule has 30 heavy (non-hydrogen) atoms. The molecule has 0 aliphatic carbocycles. The van der Waals surface area contributed by atoms with Crippen molar-refractivity contribution in [1.82, 2.24) is 4.98 Å². The summed E-state index contributed by atoms with van der Waals surface area (Å²) in [5.41, 5.74) is -0.449. The summed E-state index contributed by atoms with van der Waals surface area (Å²) in [5, 5.41) is 0. The molecule has 8 heteroatoms. The highest BCUT2D eigenvalue weighted by atomic mass is 19.4. The van der Waals surface area contributed by atoms with Crippen LogP contribution in [0.15, 0.2) is 36.5 Å². The van der Waals surface area contributed by atoms with E-state index in [-0.39, 0.29) is 22.7 Å². The van der Waals surface area contributed by atoms with E-state index in [1.807, 2.05) is 0 Å². The number of carbonyl (C=O) groups excluding carboxylic acids is 2. The Morgan fingerprint density at radius 2 is 1.80 bits per heavy atom. The molecule has 3 rings (SSSR count). The number of Topliss-reactive ketones (excluding diaryl/α,β-unsaturated/α-hetero) is 1. The number of halogens is 3. The fourth-order valence-corrected chi connectivity index (χ4v) is 3.38. The molecule has 0 bridgehead atoms. The van der Waals surface area contributed by atoms with Crippen LogP contribution in [0.3, 0.4) is 0 Å².